The Labute approximate surface area is 63.4 Å². The maximum Gasteiger partial charge on any atom is 0.249 e. The lowest BCUT2D eigenvalue weighted by molar-refractivity contribution is -0.121. The minimum atomic E-state index is -0.509. The third kappa shape index (κ3) is 6.71. The molecule has 11 heavy (non-hydrogen) atoms. The lowest BCUT2D eigenvalue weighted by Gasteiger charge is -2.02. The summed E-state index contributed by atoms with van der Waals surface area (Å²) < 4.78 is 0. The Morgan fingerprint density at radius 2 is 1.73 bits per heavy atom. The normalized spacial score (nSPS) is 9.18. The van der Waals surface area contributed by atoms with E-state index in [1.54, 1.807) is 0 Å². The summed E-state index contributed by atoms with van der Waals surface area (Å²) in [5.74, 6) is 3.86. The third-order valence-electron chi connectivity index (χ3n) is 0.798. The lowest BCUT2D eigenvalue weighted by atomic mass is 10.6. The van der Waals surface area contributed by atoms with Crippen LogP contribution in [-0.2, 0) is 9.59 Å². The summed E-state index contributed by atoms with van der Waals surface area (Å²) in [6.45, 7) is -0.0400. The molecule has 0 aliphatic carbocycles. The van der Waals surface area contributed by atoms with Crippen LogP contribution in [0.5, 0.6) is 0 Å². The van der Waals surface area contributed by atoms with Crippen LogP contribution in [-0.4, -0.2) is 24.9 Å². The van der Waals surface area contributed by atoms with Gasteiger partial charge in [-0.1, -0.05) is 0 Å². The van der Waals surface area contributed by atoms with Crippen molar-refractivity contribution in [2.45, 2.75) is 0 Å². The molecule has 7 N–H and O–H groups in total. The van der Waals surface area contributed by atoms with Gasteiger partial charge in [-0.15, -0.1) is 0 Å². The second-order valence-electron chi connectivity index (χ2n) is 1.74. The van der Waals surface area contributed by atoms with Gasteiger partial charge in [-0.25, -0.2) is 16.7 Å². The summed E-state index contributed by atoms with van der Waals surface area (Å²) in [7, 11) is 0. The summed E-state index contributed by atoms with van der Waals surface area (Å²) in [5, 5.41) is 0. The monoisotopic (exact) mass is 161 g/mol. The first-order chi connectivity index (χ1) is 5.16. The lowest BCUT2D eigenvalue weighted by Crippen LogP contribution is -2.45. The second kappa shape index (κ2) is 5.59. The van der Waals surface area contributed by atoms with E-state index in [1.165, 1.54) is 0 Å². The van der Waals surface area contributed by atoms with Crippen LogP contribution in [0.3, 0.4) is 0 Å². The van der Waals surface area contributed by atoms with E-state index in [-0.39, 0.29) is 19.0 Å². The zero-order valence-corrected chi connectivity index (χ0v) is 5.89. The highest BCUT2D eigenvalue weighted by Gasteiger charge is 1.96. The average molecular weight is 161 g/mol. The van der Waals surface area contributed by atoms with Crippen molar-refractivity contribution in [3.8, 4) is 0 Å². The van der Waals surface area contributed by atoms with Crippen LogP contribution in [0.25, 0.3) is 0 Å². The number of primary amides is 1. The third-order valence-corrected chi connectivity index (χ3v) is 0.798. The predicted molar refractivity (Wildman–Crippen MR) is 37.5 cm³/mol. The number of amides is 2. The molecule has 0 heterocycles. The van der Waals surface area contributed by atoms with Crippen molar-refractivity contribution in [2.75, 3.05) is 13.1 Å². The van der Waals surface area contributed by atoms with E-state index < -0.39 is 5.91 Å². The minimum Gasteiger partial charge on any atom is -0.369 e. The smallest absolute Gasteiger partial charge is 0.249 e. The van der Waals surface area contributed by atoms with Crippen LogP contribution < -0.4 is 27.9 Å². The number of carbonyl (C=O) groups is 2. The average Bonchev–Trinajstić information content (AvgIpc) is 1.97. The Bertz CT molecular complexity index is 147. The van der Waals surface area contributed by atoms with Crippen molar-refractivity contribution >= 4 is 11.8 Å². The Morgan fingerprint density at radius 1 is 1.18 bits per heavy atom. The maximum absolute atomic E-state index is 10.4. The fraction of sp³-hybridized carbons (Fsp3) is 0.500. The Kier molecular flexibility index (Phi) is 4.99. The van der Waals surface area contributed by atoms with E-state index in [9.17, 15) is 9.59 Å². The van der Waals surface area contributed by atoms with Gasteiger partial charge in [-0.2, -0.15) is 0 Å². The van der Waals surface area contributed by atoms with E-state index in [2.05, 4.69) is 10.9 Å². The maximum atomic E-state index is 10.4. The molecule has 0 saturated carbocycles. The van der Waals surface area contributed by atoms with Crippen molar-refractivity contribution in [1.29, 1.82) is 0 Å². The molecular formula is C4H11N5O2. The summed E-state index contributed by atoms with van der Waals surface area (Å²) in [4.78, 5) is 20.5. The van der Waals surface area contributed by atoms with Crippen LogP contribution >= 0.6 is 0 Å². The van der Waals surface area contributed by atoms with E-state index in [1.807, 2.05) is 5.43 Å². The molecule has 0 aliphatic rings. The highest BCUT2D eigenvalue weighted by Crippen LogP contribution is 1.55. The highest BCUT2D eigenvalue weighted by atomic mass is 16.2. The van der Waals surface area contributed by atoms with Gasteiger partial charge in [-0.3, -0.25) is 15.0 Å². The van der Waals surface area contributed by atoms with Crippen LogP contribution in [0.1, 0.15) is 0 Å². The largest absolute Gasteiger partial charge is 0.369 e. The zero-order chi connectivity index (χ0) is 8.69. The molecule has 0 atom stereocenters. The number of rotatable bonds is 5. The number of carbonyl (C=O) groups excluding carboxylic acids is 2. The Balaban J connectivity index is 3.14. The number of hydrogen-bond acceptors (Lipinski definition) is 5. The Hall–Kier alpha value is -1.18. The van der Waals surface area contributed by atoms with Crippen molar-refractivity contribution < 1.29 is 9.59 Å². The second-order valence-corrected chi connectivity index (χ2v) is 1.74. The first kappa shape index (κ1) is 9.82. The molecule has 2 amide bonds. The van der Waals surface area contributed by atoms with Crippen LogP contribution in [0.2, 0.25) is 0 Å². The van der Waals surface area contributed by atoms with Gasteiger partial charge < -0.3 is 5.73 Å². The molecule has 0 aromatic heterocycles. The number of nitrogens with two attached hydrogens (primary N) is 2. The van der Waals surface area contributed by atoms with Gasteiger partial charge in [0.1, 0.15) is 0 Å². The molecule has 0 aromatic rings. The summed E-state index contributed by atoms with van der Waals surface area (Å²) in [6, 6.07) is 0. The molecule has 0 fully saturated rings. The van der Waals surface area contributed by atoms with E-state index in [4.69, 9.17) is 11.6 Å². The predicted octanol–water partition coefficient (Wildman–Crippen LogP) is -3.44. The SMILES string of the molecule is NNC(=O)CNNCC(N)=O. The fourth-order valence-electron chi connectivity index (χ4n) is 0.343. The molecule has 0 unspecified atom stereocenters. The number of nitrogens with one attached hydrogen (secondary N) is 3. The molecule has 0 bridgehead atoms. The zero-order valence-electron chi connectivity index (χ0n) is 5.89. The fourth-order valence-corrected chi connectivity index (χ4v) is 0.343. The summed E-state index contributed by atoms with van der Waals surface area (Å²) in [6.07, 6.45) is 0. The number of hydrazine groups is 2. The van der Waals surface area contributed by atoms with Gasteiger partial charge in [0.25, 0.3) is 0 Å². The first-order valence-corrected chi connectivity index (χ1v) is 2.90. The molecule has 0 spiro atoms. The quantitative estimate of drug-likeness (QED) is 0.124. The van der Waals surface area contributed by atoms with Crippen molar-refractivity contribution in [3.63, 3.8) is 0 Å². The van der Waals surface area contributed by atoms with Gasteiger partial charge in [0.05, 0.1) is 13.1 Å². The molecule has 7 heteroatoms. The molecule has 7 nitrogen and oxygen atoms in total. The first-order valence-electron chi connectivity index (χ1n) is 2.90. The van der Waals surface area contributed by atoms with Crippen molar-refractivity contribution in [1.82, 2.24) is 16.3 Å². The topological polar surface area (TPSA) is 122 Å². The van der Waals surface area contributed by atoms with Crippen LogP contribution in [0, 0.1) is 0 Å². The van der Waals surface area contributed by atoms with E-state index in [0.717, 1.165) is 0 Å². The molecular weight excluding hydrogens is 150 g/mol. The molecule has 0 aliphatic heterocycles. The van der Waals surface area contributed by atoms with E-state index in [0.29, 0.717) is 0 Å². The van der Waals surface area contributed by atoms with Gasteiger partial charge in [0, 0.05) is 0 Å². The molecule has 64 valence electrons. The van der Waals surface area contributed by atoms with Gasteiger partial charge in [0.2, 0.25) is 11.8 Å². The summed E-state index contributed by atoms with van der Waals surface area (Å²) in [5.41, 5.74) is 11.5. The standard InChI is InChI=1S/C4H11N5O2/c5-3(10)1-7-8-2-4(11)9-6/h7-8H,1-2,6H2,(H2,5,10)(H,9,11). The molecule has 0 saturated heterocycles. The molecule has 0 radical (unpaired) electrons. The van der Waals surface area contributed by atoms with Crippen molar-refractivity contribution in [2.24, 2.45) is 11.6 Å². The highest BCUT2D eigenvalue weighted by molar-refractivity contribution is 5.77. The molecule has 0 rings (SSSR count). The summed E-state index contributed by atoms with van der Waals surface area (Å²) >= 11 is 0. The van der Waals surface area contributed by atoms with Gasteiger partial charge in [0.15, 0.2) is 0 Å². The van der Waals surface area contributed by atoms with Gasteiger partial charge >= 0.3 is 0 Å². The van der Waals surface area contributed by atoms with Crippen LogP contribution in [0.15, 0.2) is 0 Å². The van der Waals surface area contributed by atoms with Crippen LogP contribution in [0.4, 0.5) is 0 Å². The molecule has 0 aromatic carbocycles. The van der Waals surface area contributed by atoms with Crippen molar-refractivity contribution in [3.05, 3.63) is 0 Å². The Morgan fingerprint density at radius 3 is 2.18 bits per heavy atom. The number of hydrogen-bond donors (Lipinski definition) is 5. The van der Waals surface area contributed by atoms with Gasteiger partial charge in [-0.05, 0) is 0 Å². The van der Waals surface area contributed by atoms with E-state index >= 15 is 0 Å². The minimum absolute atomic E-state index is 0.0101.